The molecule has 0 heterocycles. The molecule has 100 valence electrons. The van der Waals surface area contributed by atoms with Crippen LogP contribution in [-0.4, -0.2) is 0 Å². The molecule has 0 aromatic heterocycles. The Hall–Kier alpha value is -2.12. The second-order valence-electron chi connectivity index (χ2n) is 5.19. The first-order valence-electron chi connectivity index (χ1n) is 7.10. The number of allylic oxidation sites excluding steroid dienone is 3. The maximum Gasteiger partial charge on any atom is 0.0514 e. The minimum absolute atomic E-state index is 0.0183. The molecule has 2 N–H and O–H groups in total. The van der Waals surface area contributed by atoms with Crippen LogP contribution in [0.15, 0.2) is 78.4 Å². The highest BCUT2D eigenvalue weighted by Gasteiger charge is 2.15. The van der Waals surface area contributed by atoms with Crippen LogP contribution in [0.5, 0.6) is 0 Å². The quantitative estimate of drug-likeness (QED) is 0.865. The number of hydrogen-bond donors (Lipinski definition) is 1. The molecular formula is C19H19N. The van der Waals surface area contributed by atoms with Crippen molar-refractivity contribution in [3.8, 4) is 0 Å². The lowest BCUT2D eigenvalue weighted by Gasteiger charge is -2.20. The molecule has 0 spiro atoms. The van der Waals surface area contributed by atoms with E-state index >= 15 is 0 Å². The van der Waals surface area contributed by atoms with Crippen molar-refractivity contribution >= 4 is 5.57 Å². The molecule has 0 radical (unpaired) electrons. The third-order valence-corrected chi connectivity index (χ3v) is 3.88. The Morgan fingerprint density at radius 1 is 0.750 bits per heavy atom. The Balaban J connectivity index is 1.81. The lowest BCUT2D eigenvalue weighted by Crippen LogP contribution is -2.14. The maximum atomic E-state index is 6.36. The van der Waals surface area contributed by atoms with E-state index in [9.17, 15) is 0 Å². The van der Waals surface area contributed by atoms with E-state index in [2.05, 4.69) is 54.6 Å². The molecule has 1 atom stereocenters. The van der Waals surface area contributed by atoms with Crippen LogP contribution >= 0.6 is 0 Å². The van der Waals surface area contributed by atoms with Gasteiger partial charge in [0, 0.05) is 0 Å². The summed E-state index contributed by atoms with van der Waals surface area (Å²) in [6.07, 6.45) is 6.52. The van der Waals surface area contributed by atoms with Crippen LogP contribution < -0.4 is 5.73 Å². The molecule has 0 amide bonds. The van der Waals surface area contributed by atoms with Gasteiger partial charge in [0.2, 0.25) is 0 Å². The van der Waals surface area contributed by atoms with Crippen LogP contribution in [0.2, 0.25) is 0 Å². The number of nitrogens with two attached hydrogens (primary N) is 1. The normalized spacial score (nSPS) is 16.2. The molecule has 0 saturated heterocycles. The Morgan fingerprint density at radius 2 is 1.40 bits per heavy atom. The van der Waals surface area contributed by atoms with Gasteiger partial charge in [-0.15, -0.1) is 0 Å². The maximum absolute atomic E-state index is 6.36. The minimum atomic E-state index is 0.0183. The summed E-state index contributed by atoms with van der Waals surface area (Å²) < 4.78 is 0. The Morgan fingerprint density at radius 3 is 2.00 bits per heavy atom. The van der Waals surface area contributed by atoms with Crippen LogP contribution in [0.3, 0.4) is 0 Å². The Bertz CT molecular complexity index is 623. The first kappa shape index (κ1) is 12.9. The summed E-state index contributed by atoms with van der Waals surface area (Å²) >= 11 is 0. The second-order valence-corrected chi connectivity index (χ2v) is 5.19. The highest BCUT2D eigenvalue weighted by atomic mass is 14.6. The highest BCUT2D eigenvalue weighted by molar-refractivity contribution is 5.68. The first-order chi connectivity index (χ1) is 9.84. The molecule has 3 rings (SSSR count). The monoisotopic (exact) mass is 261 g/mol. The average Bonchev–Trinajstić information content (AvgIpc) is 2.56. The smallest absolute Gasteiger partial charge is 0.0514 e. The topological polar surface area (TPSA) is 26.0 Å². The lowest BCUT2D eigenvalue weighted by molar-refractivity contribution is 0.774. The number of benzene rings is 2. The van der Waals surface area contributed by atoms with Gasteiger partial charge in [-0.05, 0) is 35.1 Å². The molecule has 0 aliphatic heterocycles. The van der Waals surface area contributed by atoms with Crippen molar-refractivity contribution in [3.63, 3.8) is 0 Å². The third kappa shape index (κ3) is 2.73. The van der Waals surface area contributed by atoms with Gasteiger partial charge < -0.3 is 5.73 Å². The summed E-state index contributed by atoms with van der Waals surface area (Å²) in [5.74, 6) is 0. The summed E-state index contributed by atoms with van der Waals surface area (Å²) in [5.41, 5.74) is 11.6. The van der Waals surface area contributed by atoms with Crippen LogP contribution in [0, 0.1) is 0 Å². The molecule has 0 saturated carbocycles. The molecule has 2 aromatic carbocycles. The fourth-order valence-electron chi connectivity index (χ4n) is 2.68. The SMILES string of the molecule is NC(C1=CC=C(c2ccccc2)CC1)c1ccccc1. The zero-order valence-corrected chi connectivity index (χ0v) is 11.5. The van der Waals surface area contributed by atoms with Crippen LogP contribution in [-0.2, 0) is 0 Å². The molecule has 1 aliphatic rings. The lowest BCUT2D eigenvalue weighted by atomic mass is 9.88. The van der Waals surface area contributed by atoms with Crippen LogP contribution in [0.1, 0.15) is 30.0 Å². The van der Waals surface area contributed by atoms with Gasteiger partial charge in [-0.25, -0.2) is 0 Å². The molecule has 0 bridgehead atoms. The van der Waals surface area contributed by atoms with Crippen LogP contribution in [0.4, 0.5) is 0 Å². The van der Waals surface area contributed by atoms with E-state index < -0.39 is 0 Å². The molecule has 0 fully saturated rings. The number of rotatable bonds is 3. The average molecular weight is 261 g/mol. The van der Waals surface area contributed by atoms with Gasteiger partial charge in [0.05, 0.1) is 6.04 Å². The summed E-state index contributed by atoms with van der Waals surface area (Å²) in [7, 11) is 0. The Kier molecular flexibility index (Phi) is 3.80. The van der Waals surface area contributed by atoms with Gasteiger partial charge in [-0.3, -0.25) is 0 Å². The van der Waals surface area contributed by atoms with Gasteiger partial charge in [0.15, 0.2) is 0 Å². The van der Waals surface area contributed by atoms with E-state index in [1.165, 1.54) is 22.3 Å². The predicted molar refractivity (Wildman–Crippen MR) is 85.1 cm³/mol. The van der Waals surface area contributed by atoms with Crippen molar-refractivity contribution in [2.45, 2.75) is 18.9 Å². The van der Waals surface area contributed by atoms with Crippen molar-refractivity contribution in [1.29, 1.82) is 0 Å². The van der Waals surface area contributed by atoms with Crippen molar-refractivity contribution in [2.75, 3.05) is 0 Å². The minimum Gasteiger partial charge on any atom is -0.321 e. The molecule has 1 aliphatic carbocycles. The third-order valence-electron chi connectivity index (χ3n) is 3.88. The van der Waals surface area contributed by atoms with Crippen molar-refractivity contribution in [2.24, 2.45) is 5.73 Å². The number of hydrogen-bond acceptors (Lipinski definition) is 1. The fourth-order valence-corrected chi connectivity index (χ4v) is 2.68. The summed E-state index contributed by atoms with van der Waals surface area (Å²) in [6.45, 7) is 0. The van der Waals surface area contributed by atoms with Crippen molar-refractivity contribution < 1.29 is 0 Å². The van der Waals surface area contributed by atoms with Crippen LogP contribution in [0.25, 0.3) is 5.57 Å². The van der Waals surface area contributed by atoms with Gasteiger partial charge in [0.1, 0.15) is 0 Å². The van der Waals surface area contributed by atoms with Gasteiger partial charge >= 0.3 is 0 Å². The molecule has 1 nitrogen and oxygen atoms in total. The summed E-state index contributed by atoms with van der Waals surface area (Å²) in [4.78, 5) is 0. The van der Waals surface area contributed by atoms with Crippen molar-refractivity contribution in [3.05, 3.63) is 89.5 Å². The Labute approximate surface area is 120 Å². The van der Waals surface area contributed by atoms with E-state index in [1.54, 1.807) is 0 Å². The van der Waals surface area contributed by atoms with Gasteiger partial charge in [-0.1, -0.05) is 72.8 Å². The van der Waals surface area contributed by atoms with E-state index in [0.717, 1.165) is 12.8 Å². The standard InChI is InChI=1S/C19H19N/c20-19(17-9-5-2-6-10-17)18-13-11-16(12-14-18)15-7-3-1-4-8-15/h1-11,13,19H,12,14,20H2. The second kappa shape index (κ2) is 5.89. The summed E-state index contributed by atoms with van der Waals surface area (Å²) in [5, 5.41) is 0. The zero-order valence-electron chi connectivity index (χ0n) is 11.5. The van der Waals surface area contributed by atoms with Gasteiger partial charge in [-0.2, -0.15) is 0 Å². The first-order valence-corrected chi connectivity index (χ1v) is 7.10. The van der Waals surface area contributed by atoms with E-state index in [4.69, 9.17) is 5.73 Å². The fraction of sp³-hybridized carbons (Fsp3) is 0.158. The molecule has 1 unspecified atom stereocenters. The predicted octanol–water partition coefficient (Wildman–Crippen LogP) is 4.49. The van der Waals surface area contributed by atoms with E-state index in [1.807, 2.05) is 18.2 Å². The molecule has 20 heavy (non-hydrogen) atoms. The van der Waals surface area contributed by atoms with Gasteiger partial charge in [0.25, 0.3) is 0 Å². The largest absolute Gasteiger partial charge is 0.321 e. The molecule has 1 heteroatoms. The molecular weight excluding hydrogens is 242 g/mol. The van der Waals surface area contributed by atoms with Crippen molar-refractivity contribution in [1.82, 2.24) is 0 Å². The zero-order chi connectivity index (χ0) is 13.8. The van der Waals surface area contributed by atoms with E-state index in [0.29, 0.717) is 0 Å². The highest BCUT2D eigenvalue weighted by Crippen LogP contribution is 2.31. The summed E-state index contributed by atoms with van der Waals surface area (Å²) in [6, 6.07) is 20.9. The van der Waals surface area contributed by atoms with E-state index in [-0.39, 0.29) is 6.04 Å². The molecule has 2 aromatic rings.